The molecule has 0 unspecified atom stereocenters. The molecule has 3 aromatic rings. The number of rotatable bonds is 8. The molecule has 0 bridgehead atoms. The third-order valence-electron chi connectivity index (χ3n) is 6.08. The molecule has 12 nitrogen and oxygen atoms in total. The van der Waals surface area contributed by atoms with Gasteiger partial charge in [-0.25, -0.2) is 9.37 Å². The molecular weight excluding hydrogens is 469 g/mol. The van der Waals surface area contributed by atoms with Crippen LogP contribution in [0.5, 0.6) is 0 Å². The second-order valence-corrected chi connectivity index (χ2v) is 8.70. The monoisotopic (exact) mass is 497 g/mol. The first-order valence-electron chi connectivity index (χ1n) is 11.8. The van der Waals surface area contributed by atoms with Crippen LogP contribution >= 0.6 is 0 Å². The number of carboxylic acid groups (broad SMARTS) is 1. The Morgan fingerprint density at radius 1 is 1.00 bits per heavy atom. The van der Waals surface area contributed by atoms with E-state index in [4.69, 9.17) is 14.8 Å². The SMILES string of the molecule is O=C(O)Cc1cnc(Nc2nc(N3CCOCC3)nc(N3CCN(Cc4ccc(F)cc4)CC3)n2)[nH]1. The number of halogens is 1. The van der Waals surface area contributed by atoms with Crippen LogP contribution in [0.2, 0.25) is 0 Å². The molecular formula is C23H28FN9O3. The first-order chi connectivity index (χ1) is 17.5. The number of ether oxygens (including phenoxy) is 1. The van der Waals surface area contributed by atoms with Crippen molar-refractivity contribution in [3.8, 4) is 0 Å². The minimum Gasteiger partial charge on any atom is -0.481 e. The molecule has 36 heavy (non-hydrogen) atoms. The maximum Gasteiger partial charge on any atom is 0.309 e. The number of nitrogens with zero attached hydrogens (tertiary/aromatic N) is 7. The number of carbonyl (C=O) groups is 1. The lowest BCUT2D eigenvalue weighted by molar-refractivity contribution is -0.136. The summed E-state index contributed by atoms with van der Waals surface area (Å²) in [6, 6.07) is 6.61. The lowest BCUT2D eigenvalue weighted by atomic mass is 10.2. The number of morpholine rings is 1. The van der Waals surface area contributed by atoms with Crippen molar-refractivity contribution < 1.29 is 19.0 Å². The molecule has 0 spiro atoms. The van der Waals surface area contributed by atoms with Crippen molar-refractivity contribution in [2.45, 2.75) is 13.0 Å². The molecule has 2 aromatic heterocycles. The van der Waals surface area contributed by atoms with Crippen LogP contribution in [0.25, 0.3) is 0 Å². The number of hydrogen-bond acceptors (Lipinski definition) is 10. The highest BCUT2D eigenvalue weighted by Crippen LogP contribution is 2.21. The van der Waals surface area contributed by atoms with Gasteiger partial charge in [0.1, 0.15) is 5.82 Å². The fourth-order valence-electron chi connectivity index (χ4n) is 4.19. The Balaban J connectivity index is 1.30. The van der Waals surface area contributed by atoms with Crippen LogP contribution < -0.4 is 15.1 Å². The molecule has 190 valence electrons. The quantitative estimate of drug-likeness (QED) is 0.415. The number of benzene rings is 1. The molecule has 2 aliphatic rings. The van der Waals surface area contributed by atoms with Crippen LogP contribution in [0.1, 0.15) is 11.3 Å². The zero-order chi connectivity index (χ0) is 24.9. The fraction of sp³-hybridized carbons (Fsp3) is 0.435. The Hall–Kier alpha value is -3.84. The minimum atomic E-state index is -0.944. The Morgan fingerprint density at radius 3 is 2.33 bits per heavy atom. The number of imidazole rings is 1. The smallest absolute Gasteiger partial charge is 0.309 e. The van der Waals surface area contributed by atoms with Crippen molar-refractivity contribution in [3.63, 3.8) is 0 Å². The number of carboxylic acids is 1. The lowest BCUT2D eigenvalue weighted by Gasteiger charge is -2.35. The van der Waals surface area contributed by atoms with Crippen molar-refractivity contribution in [2.24, 2.45) is 0 Å². The van der Waals surface area contributed by atoms with E-state index >= 15 is 0 Å². The molecule has 0 aliphatic carbocycles. The molecule has 0 atom stereocenters. The molecule has 4 heterocycles. The number of nitrogens with one attached hydrogen (secondary N) is 2. The van der Waals surface area contributed by atoms with Gasteiger partial charge in [0, 0.05) is 51.5 Å². The van der Waals surface area contributed by atoms with Crippen LogP contribution in [-0.2, 0) is 22.5 Å². The van der Waals surface area contributed by atoms with Gasteiger partial charge in [-0.2, -0.15) is 15.0 Å². The van der Waals surface area contributed by atoms with Crippen molar-refractivity contribution in [3.05, 3.63) is 47.5 Å². The van der Waals surface area contributed by atoms with E-state index in [0.717, 1.165) is 38.3 Å². The second kappa shape index (κ2) is 10.8. The molecule has 0 radical (unpaired) electrons. The summed E-state index contributed by atoms with van der Waals surface area (Å²) in [6.45, 7) is 6.41. The molecule has 2 aliphatic heterocycles. The molecule has 0 amide bonds. The summed E-state index contributed by atoms with van der Waals surface area (Å²) in [7, 11) is 0. The summed E-state index contributed by atoms with van der Waals surface area (Å²) in [6.07, 6.45) is 1.32. The molecule has 1 aromatic carbocycles. The van der Waals surface area contributed by atoms with Crippen molar-refractivity contribution >= 4 is 29.8 Å². The third-order valence-corrected chi connectivity index (χ3v) is 6.08. The van der Waals surface area contributed by atoms with Gasteiger partial charge in [-0.05, 0) is 17.7 Å². The number of piperazine rings is 1. The van der Waals surface area contributed by atoms with Crippen LogP contribution in [0.4, 0.5) is 28.2 Å². The van der Waals surface area contributed by atoms with Crippen LogP contribution in [0.3, 0.4) is 0 Å². The average Bonchev–Trinajstić information content (AvgIpc) is 3.32. The van der Waals surface area contributed by atoms with E-state index in [9.17, 15) is 9.18 Å². The Bertz CT molecular complexity index is 1180. The summed E-state index contributed by atoms with van der Waals surface area (Å²) >= 11 is 0. The van der Waals surface area contributed by atoms with Gasteiger partial charge < -0.3 is 24.6 Å². The molecule has 2 saturated heterocycles. The molecule has 2 fully saturated rings. The van der Waals surface area contributed by atoms with Crippen LogP contribution in [-0.4, -0.2) is 93.4 Å². The number of H-pyrrole nitrogens is 1. The summed E-state index contributed by atoms with van der Waals surface area (Å²) in [5, 5.41) is 12.1. The summed E-state index contributed by atoms with van der Waals surface area (Å²) in [5.74, 6) is 0.629. The highest BCUT2D eigenvalue weighted by atomic mass is 19.1. The first-order valence-corrected chi connectivity index (χ1v) is 11.8. The Kier molecular flexibility index (Phi) is 7.18. The predicted molar refractivity (Wildman–Crippen MR) is 130 cm³/mol. The number of hydrogen-bond donors (Lipinski definition) is 3. The largest absolute Gasteiger partial charge is 0.481 e. The number of aromatic amines is 1. The third kappa shape index (κ3) is 6.04. The average molecular weight is 498 g/mol. The molecule has 13 heteroatoms. The van der Waals surface area contributed by atoms with Gasteiger partial charge >= 0.3 is 5.97 Å². The Labute approximate surface area is 207 Å². The van der Waals surface area contributed by atoms with Crippen molar-refractivity contribution in [1.82, 2.24) is 29.8 Å². The summed E-state index contributed by atoms with van der Waals surface area (Å²) < 4.78 is 18.7. The molecule has 5 rings (SSSR count). The highest BCUT2D eigenvalue weighted by Gasteiger charge is 2.23. The first kappa shape index (κ1) is 23.9. The standard InChI is InChI=1S/C23H28FN9O3/c24-17-3-1-16(2-4-17)15-31-5-7-32(8-6-31)22-28-21(27-20-25-14-18(26-20)13-19(34)35)29-23(30-22)33-9-11-36-12-10-33/h1-4,14H,5-13,15H2,(H,34,35)(H2,25,26,27,28,29,30). The maximum atomic E-state index is 13.2. The van der Waals surface area contributed by atoms with E-state index in [-0.39, 0.29) is 12.2 Å². The van der Waals surface area contributed by atoms with Crippen molar-refractivity contribution in [2.75, 3.05) is 67.6 Å². The Morgan fingerprint density at radius 2 is 1.67 bits per heavy atom. The van der Waals surface area contributed by atoms with Crippen LogP contribution in [0.15, 0.2) is 30.5 Å². The zero-order valence-electron chi connectivity index (χ0n) is 19.7. The minimum absolute atomic E-state index is 0.154. The van der Waals surface area contributed by atoms with Crippen LogP contribution in [0, 0.1) is 5.82 Å². The van der Waals surface area contributed by atoms with E-state index in [0.29, 0.717) is 55.8 Å². The van der Waals surface area contributed by atoms with Gasteiger partial charge in [-0.3, -0.25) is 15.0 Å². The van der Waals surface area contributed by atoms with E-state index in [1.165, 1.54) is 18.3 Å². The summed E-state index contributed by atoms with van der Waals surface area (Å²) in [5.41, 5.74) is 1.55. The van der Waals surface area contributed by atoms with Gasteiger partial charge in [0.15, 0.2) is 0 Å². The van der Waals surface area contributed by atoms with Gasteiger partial charge in [0.2, 0.25) is 23.8 Å². The van der Waals surface area contributed by atoms with E-state index in [1.807, 2.05) is 12.1 Å². The fourth-order valence-corrected chi connectivity index (χ4v) is 4.19. The van der Waals surface area contributed by atoms with Gasteiger partial charge in [0.25, 0.3) is 0 Å². The maximum absolute atomic E-state index is 13.2. The number of aromatic nitrogens is 5. The number of aliphatic carboxylic acids is 1. The molecule has 3 N–H and O–H groups in total. The van der Waals surface area contributed by atoms with Gasteiger partial charge in [0.05, 0.1) is 25.8 Å². The lowest BCUT2D eigenvalue weighted by Crippen LogP contribution is -2.47. The molecule has 0 saturated carbocycles. The predicted octanol–water partition coefficient (Wildman–Crippen LogP) is 1.26. The van der Waals surface area contributed by atoms with Gasteiger partial charge in [-0.1, -0.05) is 12.1 Å². The van der Waals surface area contributed by atoms with Gasteiger partial charge in [-0.15, -0.1) is 0 Å². The van der Waals surface area contributed by atoms with E-state index < -0.39 is 5.97 Å². The zero-order valence-corrected chi connectivity index (χ0v) is 19.7. The van der Waals surface area contributed by atoms with E-state index in [2.05, 4.69) is 40.0 Å². The normalized spacial score (nSPS) is 16.8. The highest BCUT2D eigenvalue weighted by molar-refractivity contribution is 5.69. The van der Waals surface area contributed by atoms with Crippen molar-refractivity contribution in [1.29, 1.82) is 0 Å². The van der Waals surface area contributed by atoms with E-state index in [1.54, 1.807) is 0 Å². The topological polar surface area (TPSA) is 136 Å². The summed E-state index contributed by atoms with van der Waals surface area (Å²) in [4.78, 5) is 38.6. The number of anilines is 4. The second-order valence-electron chi connectivity index (χ2n) is 8.70.